The van der Waals surface area contributed by atoms with Crippen LogP contribution in [0.25, 0.3) is 0 Å². The van der Waals surface area contributed by atoms with Crippen LogP contribution >= 0.6 is 0 Å². The summed E-state index contributed by atoms with van der Waals surface area (Å²) in [4.78, 5) is 0. The van der Waals surface area contributed by atoms with Crippen LogP contribution in [0.5, 0.6) is 5.75 Å². The Morgan fingerprint density at radius 1 is 1.40 bits per heavy atom. The van der Waals surface area contributed by atoms with Gasteiger partial charge in [0.2, 0.25) is 0 Å². The normalized spacial score (nSPS) is 12.5. The Morgan fingerprint density at radius 2 is 2.13 bits per heavy atom. The van der Waals surface area contributed by atoms with Gasteiger partial charge in [0.05, 0.1) is 6.10 Å². The molecule has 1 aromatic carbocycles. The monoisotopic (exact) mass is 210 g/mol. The molecule has 3 heteroatoms. The summed E-state index contributed by atoms with van der Waals surface area (Å²) < 4.78 is 10.5. The molecule has 1 rings (SSSR count). The van der Waals surface area contributed by atoms with Crippen molar-refractivity contribution < 1.29 is 14.6 Å². The highest BCUT2D eigenvalue weighted by Crippen LogP contribution is 2.26. The number of aliphatic hydroxyl groups excluding tert-OH is 1. The van der Waals surface area contributed by atoms with Gasteiger partial charge >= 0.3 is 0 Å². The smallest absolute Gasteiger partial charge is 0.189 e. The first-order chi connectivity index (χ1) is 7.15. The molecule has 0 amide bonds. The Kier molecular flexibility index (Phi) is 4.59. The summed E-state index contributed by atoms with van der Waals surface area (Å²) in [6.45, 7) is 6.46. The van der Waals surface area contributed by atoms with Crippen LogP contribution in [-0.4, -0.2) is 18.5 Å². The van der Waals surface area contributed by atoms with E-state index < -0.39 is 6.10 Å². The molecule has 3 nitrogen and oxygen atoms in total. The number of aliphatic hydroxyl groups is 1. The summed E-state index contributed by atoms with van der Waals surface area (Å²) in [7, 11) is 0. The number of aryl methyl sites for hydroxylation is 1. The van der Waals surface area contributed by atoms with Crippen LogP contribution in [-0.2, 0) is 4.74 Å². The largest absolute Gasteiger partial charge is 0.467 e. The molecule has 0 saturated carbocycles. The highest BCUT2D eigenvalue weighted by atomic mass is 16.7. The van der Waals surface area contributed by atoms with Gasteiger partial charge in [-0.25, -0.2) is 0 Å². The van der Waals surface area contributed by atoms with E-state index in [1.807, 2.05) is 32.0 Å². The third-order valence-electron chi connectivity index (χ3n) is 2.12. The molecule has 0 spiro atoms. The van der Waals surface area contributed by atoms with E-state index in [0.29, 0.717) is 12.4 Å². The Balaban J connectivity index is 2.77. The van der Waals surface area contributed by atoms with E-state index >= 15 is 0 Å². The summed E-state index contributed by atoms with van der Waals surface area (Å²) in [5.74, 6) is 0.693. The van der Waals surface area contributed by atoms with E-state index in [1.54, 1.807) is 6.92 Å². The maximum absolute atomic E-state index is 9.53. The molecule has 1 unspecified atom stereocenters. The Labute approximate surface area is 90.6 Å². The second kappa shape index (κ2) is 5.73. The fraction of sp³-hybridized carbons (Fsp3) is 0.500. The Morgan fingerprint density at radius 3 is 2.73 bits per heavy atom. The van der Waals surface area contributed by atoms with Crippen molar-refractivity contribution in [2.75, 3.05) is 13.4 Å². The van der Waals surface area contributed by atoms with Gasteiger partial charge in [0.1, 0.15) is 5.75 Å². The van der Waals surface area contributed by atoms with Crippen LogP contribution in [0.4, 0.5) is 0 Å². The van der Waals surface area contributed by atoms with Crippen molar-refractivity contribution in [3.63, 3.8) is 0 Å². The predicted molar refractivity (Wildman–Crippen MR) is 58.9 cm³/mol. The maximum Gasteiger partial charge on any atom is 0.189 e. The van der Waals surface area contributed by atoms with E-state index in [2.05, 4.69) is 0 Å². The third-order valence-corrected chi connectivity index (χ3v) is 2.12. The molecular weight excluding hydrogens is 192 g/mol. The lowest BCUT2D eigenvalue weighted by Crippen LogP contribution is -2.05. The molecule has 0 aromatic heterocycles. The van der Waals surface area contributed by atoms with Gasteiger partial charge in [-0.1, -0.05) is 12.1 Å². The number of hydrogen-bond donors (Lipinski definition) is 1. The van der Waals surface area contributed by atoms with Gasteiger partial charge < -0.3 is 14.6 Å². The fourth-order valence-corrected chi connectivity index (χ4v) is 1.30. The van der Waals surface area contributed by atoms with Gasteiger partial charge in [-0.3, -0.25) is 0 Å². The molecule has 0 fully saturated rings. The highest BCUT2D eigenvalue weighted by Gasteiger charge is 2.08. The van der Waals surface area contributed by atoms with Gasteiger partial charge in [0, 0.05) is 12.2 Å². The van der Waals surface area contributed by atoms with Gasteiger partial charge in [-0.15, -0.1) is 0 Å². The number of benzene rings is 1. The predicted octanol–water partition coefficient (Wildman–Crippen LogP) is 2.42. The number of hydrogen-bond acceptors (Lipinski definition) is 3. The van der Waals surface area contributed by atoms with Crippen molar-refractivity contribution in [1.29, 1.82) is 0 Å². The minimum absolute atomic E-state index is 0.222. The van der Waals surface area contributed by atoms with Crippen molar-refractivity contribution in [3.05, 3.63) is 29.3 Å². The summed E-state index contributed by atoms with van der Waals surface area (Å²) >= 11 is 0. The molecule has 1 atom stereocenters. The van der Waals surface area contributed by atoms with E-state index in [-0.39, 0.29) is 6.79 Å². The molecule has 1 N–H and O–H groups in total. The lowest BCUT2D eigenvalue weighted by molar-refractivity contribution is 0.0204. The first kappa shape index (κ1) is 12.0. The summed E-state index contributed by atoms with van der Waals surface area (Å²) in [6, 6.07) is 5.73. The topological polar surface area (TPSA) is 38.7 Å². The van der Waals surface area contributed by atoms with Crippen LogP contribution in [0.3, 0.4) is 0 Å². The van der Waals surface area contributed by atoms with Gasteiger partial charge in [-0.05, 0) is 32.4 Å². The number of rotatable bonds is 5. The van der Waals surface area contributed by atoms with E-state index in [0.717, 1.165) is 11.1 Å². The Bertz CT molecular complexity index is 308. The molecule has 0 saturated heterocycles. The van der Waals surface area contributed by atoms with Crippen molar-refractivity contribution in [3.8, 4) is 5.75 Å². The second-order valence-electron chi connectivity index (χ2n) is 3.47. The molecule has 0 aliphatic heterocycles. The molecule has 15 heavy (non-hydrogen) atoms. The molecular formula is C12H18O3. The van der Waals surface area contributed by atoms with Crippen LogP contribution in [0.2, 0.25) is 0 Å². The molecule has 0 bridgehead atoms. The quantitative estimate of drug-likeness (QED) is 0.599. The van der Waals surface area contributed by atoms with Crippen LogP contribution < -0.4 is 4.74 Å². The first-order valence-corrected chi connectivity index (χ1v) is 5.14. The zero-order chi connectivity index (χ0) is 11.3. The summed E-state index contributed by atoms with van der Waals surface area (Å²) in [5.41, 5.74) is 1.89. The molecule has 0 heterocycles. The first-order valence-electron chi connectivity index (χ1n) is 5.14. The number of ether oxygens (including phenoxy) is 2. The minimum atomic E-state index is -0.526. The van der Waals surface area contributed by atoms with E-state index in [4.69, 9.17) is 9.47 Å². The van der Waals surface area contributed by atoms with Crippen molar-refractivity contribution in [1.82, 2.24) is 0 Å². The summed E-state index contributed by atoms with van der Waals surface area (Å²) in [6.07, 6.45) is -0.526. The molecule has 0 aliphatic carbocycles. The zero-order valence-electron chi connectivity index (χ0n) is 9.49. The molecule has 84 valence electrons. The summed E-state index contributed by atoms with van der Waals surface area (Å²) in [5, 5.41) is 9.53. The maximum atomic E-state index is 9.53. The lowest BCUT2D eigenvalue weighted by atomic mass is 10.1. The molecule has 1 aromatic rings. The average molecular weight is 210 g/mol. The highest BCUT2D eigenvalue weighted by molar-refractivity contribution is 5.38. The van der Waals surface area contributed by atoms with Crippen molar-refractivity contribution in [2.24, 2.45) is 0 Å². The SMILES string of the molecule is CCOCOc1cc(C)ccc1C(C)O. The molecule has 0 aliphatic rings. The van der Waals surface area contributed by atoms with Crippen LogP contribution in [0.1, 0.15) is 31.1 Å². The molecule has 0 radical (unpaired) electrons. The van der Waals surface area contributed by atoms with E-state index in [9.17, 15) is 5.11 Å². The average Bonchev–Trinajstić information content (AvgIpc) is 2.18. The van der Waals surface area contributed by atoms with Gasteiger partial charge in [0.15, 0.2) is 6.79 Å². The third kappa shape index (κ3) is 3.53. The fourth-order valence-electron chi connectivity index (χ4n) is 1.30. The lowest BCUT2D eigenvalue weighted by Gasteiger charge is -2.13. The Hall–Kier alpha value is -1.06. The van der Waals surface area contributed by atoms with E-state index in [1.165, 1.54) is 0 Å². The van der Waals surface area contributed by atoms with Gasteiger partial charge in [-0.2, -0.15) is 0 Å². The second-order valence-corrected chi connectivity index (χ2v) is 3.47. The van der Waals surface area contributed by atoms with Crippen molar-refractivity contribution >= 4 is 0 Å². The minimum Gasteiger partial charge on any atom is -0.467 e. The van der Waals surface area contributed by atoms with Gasteiger partial charge in [0.25, 0.3) is 0 Å². The van der Waals surface area contributed by atoms with Crippen molar-refractivity contribution in [2.45, 2.75) is 26.9 Å². The standard InChI is InChI=1S/C12H18O3/c1-4-14-8-15-12-7-9(2)5-6-11(12)10(3)13/h5-7,10,13H,4,8H2,1-3H3. The van der Waals surface area contributed by atoms with Crippen LogP contribution in [0.15, 0.2) is 18.2 Å². The van der Waals surface area contributed by atoms with Crippen LogP contribution in [0, 0.1) is 6.92 Å². The zero-order valence-corrected chi connectivity index (χ0v) is 9.49.